The highest BCUT2D eigenvalue weighted by atomic mass is 16.6. The number of hydrogen-bond donors (Lipinski definition) is 1. The van der Waals surface area contributed by atoms with Crippen LogP contribution in [0, 0.1) is 10.1 Å². The van der Waals surface area contributed by atoms with Crippen LogP contribution >= 0.6 is 0 Å². The summed E-state index contributed by atoms with van der Waals surface area (Å²) in [4.78, 5) is 10.3. The molecule has 1 aromatic rings. The second-order valence-electron chi connectivity index (χ2n) is 3.43. The Morgan fingerprint density at radius 2 is 2.17 bits per heavy atom. The van der Waals surface area contributed by atoms with Crippen molar-refractivity contribution in [3.8, 4) is 11.5 Å². The number of benzene rings is 1. The largest absolute Gasteiger partial charge is 0.493 e. The van der Waals surface area contributed by atoms with Crippen molar-refractivity contribution < 1.29 is 19.5 Å². The number of nitro benzene ring substituents is 1. The highest BCUT2D eigenvalue weighted by Crippen LogP contribution is 2.34. The molecule has 0 amide bonds. The minimum atomic E-state index is -0.562. The lowest BCUT2D eigenvalue weighted by Gasteiger charge is -2.10. The van der Waals surface area contributed by atoms with E-state index in [0.29, 0.717) is 12.4 Å². The second-order valence-corrected chi connectivity index (χ2v) is 3.43. The Bertz CT molecular complexity index is 456. The van der Waals surface area contributed by atoms with Crippen LogP contribution in [0.5, 0.6) is 11.5 Å². The number of aliphatic hydroxyl groups is 1. The zero-order chi connectivity index (χ0) is 13.5. The molecule has 6 heteroatoms. The normalized spacial score (nSPS) is 10.6. The van der Waals surface area contributed by atoms with Crippen molar-refractivity contribution >= 4 is 5.69 Å². The molecule has 0 spiro atoms. The molecule has 0 aliphatic heterocycles. The molecule has 98 valence electrons. The van der Waals surface area contributed by atoms with Gasteiger partial charge in [0, 0.05) is 0 Å². The summed E-state index contributed by atoms with van der Waals surface area (Å²) in [5.41, 5.74) is 0.00371. The van der Waals surface area contributed by atoms with Crippen LogP contribution in [0.15, 0.2) is 24.3 Å². The number of nitrogens with zero attached hydrogens (tertiary/aromatic N) is 1. The van der Waals surface area contributed by atoms with Crippen molar-refractivity contribution in [3.05, 3.63) is 40.0 Å². The van der Waals surface area contributed by atoms with Gasteiger partial charge in [0.05, 0.1) is 30.3 Å². The molecule has 1 N–H and O–H groups in total. The van der Waals surface area contributed by atoms with Gasteiger partial charge in [-0.1, -0.05) is 12.2 Å². The molecule has 0 aromatic heterocycles. The molecule has 0 atom stereocenters. The summed E-state index contributed by atoms with van der Waals surface area (Å²) in [6.07, 6.45) is 3.58. The molecule has 0 bridgehead atoms. The predicted octanol–water partition coefficient (Wildman–Crippen LogP) is 2.05. The fourth-order valence-corrected chi connectivity index (χ4v) is 1.39. The number of methoxy groups -OCH3 is 1. The average Bonchev–Trinajstić information content (AvgIpc) is 2.38. The molecule has 1 aromatic carbocycles. The van der Waals surface area contributed by atoms with E-state index in [4.69, 9.17) is 14.6 Å². The Labute approximate surface area is 105 Å². The van der Waals surface area contributed by atoms with Crippen LogP contribution in [0.3, 0.4) is 0 Å². The van der Waals surface area contributed by atoms with Crippen LogP contribution in [0.2, 0.25) is 0 Å². The van der Waals surface area contributed by atoms with Gasteiger partial charge in [0.25, 0.3) is 5.69 Å². The van der Waals surface area contributed by atoms with Crippen LogP contribution in [-0.2, 0) is 6.61 Å². The topological polar surface area (TPSA) is 81.8 Å². The number of allylic oxidation sites excluding steroid dienone is 1. The summed E-state index contributed by atoms with van der Waals surface area (Å²) < 4.78 is 10.4. The summed E-state index contributed by atoms with van der Waals surface area (Å²) in [6.45, 7) is 1.71. The van der Waals surface area contributed by atoms with Crippen molar-refractivity contribution in [2.24, 2.45) is 0 Å². The van der Waals surface area contributed by atoms with Gasteiger partial charge in [-0.3, -0.25) is 10.1 Å². The predicted molar refractivity (Wildman–Crippen MR) is 65.9 cm³/mol. The molecule has 0 heterocycles. The molecule has 0 saturated carbocycles. The minimum Gasteiger partial charge on any atom is -0.493 e. The summed E-state index contributed by atoms with van der Waals surface area (Å²) in [6, 6.07) is 2.66. The van der Waals surface area contributed by atoms with E-state index in [2.05, 4.69) is 0 Å². The van der Waals surface area contributed by atoms with Gasteiger partial charge in [-0.2, -0.15) is 0 Å². The van der Waals surface area contributed by atoms with E-state index in [0.717, 1.165) is 0 Å². The third-order valence-electron chi connectivity index (χ3n) is 2.30. The molecule has 18 heavy (non-hydrogen) atoms. The van der Waals surface area contributed by atoms with Gasteiger partial charge in [-0.15, -0.1) is 0 Å². The van der Waals surface area contributed by atoms with E-state index >= 15 is 0 Å². The van der Waals surface area contributed by atoms with E-state index < -0.39 is 11.5 Å². The number of ether oxygens (including phenoxy) is 2. The SMILES string of the molecule is C/C=C/COc1cc([N+](=O)[O-])c(CO)cc1OC. The van der Waals surface area contributed by atoms with Crippen LogP contribution in [0.25, 0.3) is 0 Å². The maximum Gasteiger partial charge on any atom is 0.278 e. The fourth-order valence-electron chi connectivity index (χ4n) is 1.39. The summed E-state index contributed by atoms with van der Waals surface area (Å²) in [7, 11) is 1.44. The highest BCUT2D eigenvalue weighted by molar-refractivity contribution is 5.54. The first-order valence-electron chi connectivity index (χ1n) is 5.34. The summed E-state index contributed by atoms with van der Waals surface area (Å²) in [5.74, 6) is 0.633. The van der Waals surface area contributed by atoms with Gasteiger partial charge in [-0.25, -0.2) is 0 Å². The molecule has 0 aliphatic carbocycles. The van der Waals surface area contributed by atoms with Crippen molar-refractivity contribution in [1.29, 1.82) is 0 Å². The molecular formula is C12H15NO5. The Kier molecular flexibility index (Phi) is 5.13. The second kappa shape index (κ2) is 6.61. The molecule has 0 aliphatic rings. The third-order valence-corrected chi connectivity index (χ3v) is 2.30. The monoisotopic (exact) mass is 253 g/mol. The van der Waals surface area contributed by atoms with Crippen molar-refractivity contribution in [3.63, 3.8) is 0 Å². The van der Waals surface area contributed by atoms with Crippen molar-refractivity contribution in [2.75, 3.05) is 13.7 Å². The lowest BCUT2D eigenvalue weighted by molar-refractivity contribution is -0.385. The third kappa shape index (κ3) is 3.21. The van der Waals surface area contributed by atoms with Gasteiger partial charge < -0.3 is 14.6 Å². The molecule has 0 saturated heterocycles. The van der Waals surface area contributed by atoms with E-state index in [1.165, 1.54) is 19.2 Å². The van der Waals surface area contributed by atoms with Gasteiger partial charge >= 0.3 is 0 Å². The summed E-state index contributed by atoms with van der Waals surface area (Å²) in [5, 5.41) is 19.9. The van der Waals surface area contributed by atoms with E-state index in [1.54, 1.807) is 6.08 Å². The van der Waals surface area contributed by atoms with E-state index in [1.807, 2.05) is 13.0 Å². The van der Waals surface area contributed by atoms with Gasteiger partial charge in [-0.05, 0) is 13.0 Å². The van der Waals surface area contributed by atoms with Crippen molar-refractivity contribution in [1.82, 2.24) is 0 Å². The Balaban J connectivity index is 3.14. The van der Waals surface area contributed by atoms with E-state index in [9.17, 15) is 10.1 Å². The summed E-state index contributed by atoms with van der Waals surface area (Å²) >= 11 is 0. The number of nitro groups is 1. The Morgan fingerprint density at radius 3 is 2.67 bits per heavy atom. The highest BCUT2D eigenvalue weighted by Gasteiger charge is 2.18. The van der Waals surface area contributed by atoms with Crippen LogP contribution in [-0.4, -0.2) is 23.7 Å². The minimum absolute atomic E-state index is 0.186. The molecule has 1 rings (SSSR count). The first-order valence-corrected chi connectivity index (χ1v) is 5.34. The molecule has 0 radical (unpaired) electrons. The lowest BCUT2D eigenvalue weighted by Crippen LogP contribution is -2.01. The molecule has 0 fully saturated rings. The maximum absolute atomic E-state index is 10.8. The number of hydrogen-bond acceptors (Lipinski definition) is 5. The van der Waals surface area contributed by atoms with Crippen molar-refractivity contribution in [2.45, 2.75) is 13.5 Å². The zero-order valence-electron chi connectivity index (χ0n) is 10.3. The Hall–Kier alpha value is -2.08. The van der Waals surface area contributed by atoms with Gasteiger partial charge in [0.15, 0.2) is 11.5 Å². The smallest absolute Gasteiger partial charge is 0.278 e. The maximum atomic E-state index is 10.8. The standard InChI is InChI=1S/C12H15NO5/c1-3-4-5-18-12-7-10(13(15)16)9(8-14)6-11(12)17-2/h3-4,6-7,14H,5,8H2,1-2H3/b4-3+. The Morgan fingerprint density at radius 1 is 1.44 bits per heavy atom. The molecule has 6 nitrogen and oxygen atoms in total. The first-order chi connectivity index (χ1) is 8.63. The van der Waals surface area contributed by atoms with Crippen LogP contribution in [0.4, 0.5) is 5.69 Å². The van der Waals surface area contributed by atoms with Crippen LogP contribution < -0.4 is 9.47 Å². The lowest BCUT2D eigenvalue weighted by atomic mass is 10.1. The van der Waals surface area contributed by atoms with Crippen LogP contribution in [0.1, 0.15) is 12.5 Å². The number of rotatable bonds is 6. The van der Waals surface area contributed by atoms with Gasteiger partial charge in [0.2, 0.25) is 0 Å². The zero-order valence-corrected chi connectivity index (χ0v) is 10.3. The molecular weight excluding hydrogens is 238 g/mol. The van der Waals surface area contributed by atoms with E-state index in [-0.39, 0.29) is 17.0 Å². The van der Waals surface area contributed by atoms with Gasteiger partial charge in [0.1, 0.15) is 6.61 Å². The first kappa shape index (κ1) is 14.0. The quantitative estimate of drug-likeness (QED) is 0.476. The average molecular weight is 253 g/mol. The fraction of sp³-hybridized carbons (Fsp3) is 0.333. The number of aliphatic hydroxyl groups excluding tert-OH is 1. The molecule has 0 unspecified atom stereocenters.